The van der Waals surface area contributed by atoms with Gasteiger partial charge in [0.15, 0.2) is 0 Å². The molecular weight excluding hydrogens is 270 g/mol. The predicted molar refractivity (Wildman–Crippen MR) is 76.9 cm³/mol. The fourth-order valence-corrected chi connectivity index (χ4v) is 2.27. The first kappa shape index (κ1) is 15.2. The van der Waals surface area contributed by atoms with E-state index >= 15 is 0 Å². The van der Waals surface area contributed by atoms with Crippen molar-refractivity contribution in [1.82, 2.24) is 10.2 Å². The van der Waals surface area contributed by atoms with Crippen LogP contribution in [0.3, 0.4) is 0 Å². The first-order valence-electron chi connectivity index (χ1n) is 6.80. The zero-order chi connectivity index (χ0) is 15.6. The number of rotatable bonds is 3. The van der Waals surface area contributed by atoms with Crippen LogP contribution in [-0.4, -0.2) is 35.7 Å². The lowest BCUT2D eigenvalue weighted by molar-refractivity contribution is -0.149. The molecule has 21 heavy (non-hydrogen) atoms. The van der Waals surface area contributed by atoms with Gasteiger partial charge in [0.25, 0.3) is 5.91 Å². The Labute approximate surface area is 123 Å². The van der Waals surface area contributed by atoms with Gasteiger partial charge in [0.2, 0.25) is 11.8 Å². The molecule has 1 fully saturated rings. The van der Waals surface area contributed by atoms with Gasteiger partial charge in [0.05, 0.1) is 0 Å². The molecule has 0 bridgehead atoms. The van der Waals surface area contributed by atoms with Crippen LogP contribution in [0.2, 0.25) is 0 Å². The lowest BCUT2D eigenvalue weighted by atomic mass is 9.91. The van der Waals surface area contributed by atoms with Gasteiger partial charge in [0.1, 0.15) is 11.6 Å². The van der Waals surface area contributed by atoms with E-state index in [1.165, 1.54) is 7.05 Å². The standard InChI is InChI=1S/C15H19N3O3/c1-15(16,10-6-4-3-5-7-10)14(21)17-11-8-9-12(19)18(2)13(11)20/h3-7,11H,8-9,16H2,1-2H3,(H,17,21). The Kier molecular flexibility index (Phi) is 4.09. The average molecular weight is 289 g/mol. The van der Waals surface area contributed by atoms with Crippen LogP contribution in [0.15, 0.2) is 30.3 Å². The number of likely N-dealkylation sites (N-methyl/N-ethyl adjacent to an activating group) is 1. The number of nitrogens with zero attached hydrogens (tertiary/aromatic N) is 1. The van der Waals surface area contributed by atoms with Crippen molar-refractivity contribution in [2.45, 2.75) is 31.3 Å². The first-order valence-corrected chi connectivity index (χ1v) is 6.80. The highest BCUT2D eigenvalue weighted by Gasteiger charge is 2.37. The third-order valence-corrected chi connectivity index (χ3v) is 3.80. The topological polar surface area (TPSA) is 92.5 Å². The lowest BCUT2D eigenvalue weighted by Crippen LogP contribution is -2.58. The number of hydrogen-bond donors (Lipinski definition) is 2. The molecule has 0 aliphatic carbocycles. The van der Waals surface area contributed by atoms with E-state index in [9.17, 15) is 14.4 Å². The summed E-state index contributed by atoms with van der Waals surface area (Å²) in [5.41, 5.74) is 5.53. The van der Waals surface area contributed by atoms with E-state index in [1.54, 1.807) is 31.2 Å². The molecule has 0 radical (unpaired) electrons. The molecular formula is C15H19N3O3. The maximum absolute atomic E-state index is 12.4. The van der Waals surface area contributed by atoms with Crippen molar-refractivity contribution in [2.75, 3.05) is 7.05 Å². The van der Waals surface area contributed by atoms with Gasteiger partial charge in [-0.15, -0.1) is 0 Å². The predicted octanol–water partition coefficient (Wildman–Crippen LogP) is 0.124. The van der Waals surface area contributed by atoms with Crippen LogP contribution in [0.1, 0.15) is 25.3 Å². The number of benzene rings is 1. The smallest absolute Gasteiger partial charge is 0.251 e. The van der Waals surface area contributed by atoms with Gasteiger partial charge >= 0.3 is 0 Å². The fourth-order valence-electron chi connectivity index (χ4n) is 2.27. The number of nitrogens with one attached hydrogen (secondary N) is 1. The lowest BCUT2D eigenvalue weighted by Gasteiger charge is -2.31. The second-order valence-corrected chi connectivity index (χ2v) is 5.42. The maximum atomic E-state index is 12.4. The Morgan fingerprint density at radius 1 is 1.33 bits per heavy atom. The van der Waals surface area contributed by atoms with Crippen LogP contribution in [0, 0.1) is 0 Å². The second-order valence-electron chi connectivity index (χ2n) is 5.42. The van der Waals surface area contributed by atoms with E-state index < -0.39 is 23.4 Å². The minimum absolute atomic E-state index is 0.232. The summed E-state index contributed by atoms with van der Waals surface area (Å²) < 4.78 is 0. The monoisotopic (exact) mass is 289 g/mol. The minimum atomic E-state index is -1.23. The molecule has 2 unspecified atom stereocenters. The number of nitrogens with two attached hydrogens (primary N) is 1. The van der Waals surface area contributed by atoms with E-state index in [2.05, 4.69) is 5.32 Å². The Hall–Kier alpha value is -2.21. The second kappa shape index (κ2) is 5.65. The molecule has 1 aromatic rings. The molecule has 0 saturated carbocycles. The number of likely N-dealkylation sites (tertiary alicyclic amines) is 1. The van der Waals surface area contributed by atoms with E-state index in [1.807, 2.05) is 6.07 Å². The summed E-state index contributed by atoms with van der Waals surface area (Å²) in [6.07, 6.45) is 0.540. The van der Waals surface area contributed by atoms with Crippen LogP contribution < -0.4 is 11.1 Å². The van der Waals surface area contributed by atoms with Gasteiger partial charge in [-0.1, -0.05) is 30.3 Å². The summed E-state index contributed by atoms with van der Waals surface area (Å²) in [5, 5.41) is 2.65. The first-order chi connectivity index (χ1) is 9.84. The Morgan fingerprint density at radius 2 is 1.95 bits per heavy atom. The van der Waals surface area contributed by atoms with Crippen molar-refractivity contribution in [3.05, 3.63) is 35.9 Å². The fraction of sp³-hybridized carbons (Fsp3) is 0.400. The largest absolute Gasteiger partial charge is 0.342 e. The molecule has 3 N–H and O–H groups in total. The van der Waals surface area contributed by atoms with Gasteiger partial charge in [-0.2, -0.15) is 0 Å². The normalized spacial score (nSPS) is 21.9. The highest BCUT2D eigenvalue weighted by atomic mass is 16.2. The SMILES string of the molecule is CN1C(=O)CCC(NC(=O)C(C)(N)c2ccccc2)C1=O. The number of piperidine rings is 1. The average Bonchev–Trinajstić information content (AvgIpc) is 2.48. The summed E-state index contributed by atoms with van der Waals surface area (Å²) in [6.45, 7) is 1.60. The van der Waals surface area contributed by atoms with Gasteiger partial charge in [-0.05, 0) is 18.9 Å². The van der Waals surface area contributed by atoms with Crippen LogP contribution in [0.25, 0.3) is 0 Å². The van der Waals surface area contributed by atoms with Gasteiger partial charge in [-0.3, -0.25) is 19.3 Å². The number of carbonyl (C=O) groups excluding carboxylic acids is 3. The van der Waals surface area contributed by atoms with Gasteiger partial charge < -0.3 is 11.1 Å². The molecule has 0 spiro atoms. The molecule has 1 heterocycles. The highest BCUT2D eigenvalue weighted by Crippen LogP contribution is 2.19. The molecule has 3 amide bonds. The van der Waals surface area contributed by atoms with Crippen LogP contribution in [-0.2, 0) is 19.9 Å². The molecule has 6 nitrogen and oxygen atoms in total. The van der Waals surface area contributed by atoms with E-state index in [-0.39, 0.29) is 12.3 Å². The molecule has 1 aliphatic rings. The van der Waals surface area contributed by atoms with E-state index in [0.29, 0.717) is 12.0 Å². The summed E-state index contributed by atoms with van der Waals surface area (Å²) in [7, 11) is 1.42. The highest BCUT2D eigenvalue weighted by molar-refractivity contribution is 6.02. The molecule has 112 valence electrons. The molecule has 6 heteroatoms. The molecule has 2 rings (SSSR count). The quantitative estimate of drug-likeness (QED) is 0.773. The van der Waals surface area contributed by atoms with Crippen LogP contribution in [0.4, 0.5) is 0 Å². The van der Waals surface area contributed by atoms with Gasteiger partial charge in [-0.25, -0.2) is 0 Å². The molecule has 1 aliphatic heterocycles. The zero-order valence-corrected chi connectivity index (χ0v) is 12.1. The van der Waals surface area contributed by atoms with Crippen LogP contribution >= 0.6 is 0 Å². The summed E-state index contributed by atoms with van der Waals surface area (Å²) in [4.78, 5) is 36.8. The zero-order valence-electron chi connectivity index (χ0n) is 12.1. The Balaban J connectivity index is 2.11. The van der Waals surface area contributed by atoms with E-state index in [4.69, 9.17) is 5.73 Å². The third-order valence-electron chi connectivity index (χ3n) is 3.80. The Bertz CT molecular complexity index is 569. The molecule has 1 saturated heterocycles. The van der Waals surface area contributed by atoms with Crippen molar-refractivity contribution >= 4 is 17.7 Å². The van der Waals surface area contributed by atoms with Crippen molar-refractivity contribution in [3.8, 4) is 0 Å². The van der Waals surface area contributed by atoms with Gasteiger partial charge in [0, 0.05) is 13.5 Å². The van der Waals surface area contributed by atoms with Crippen molar-refractivity contribution in [1.29, 1.82) is 0 Å². The number of hydrogen-bond acceptors (Lipinski definition) is 4. The summed E-state index contributed by atoms with van der Waals surface area (Å²) in [6, 6.07) is 8.25. The molecule has 0 aromatic heterocycles. The third kappa shape index (κ3) is 2.95. The summed E-state index contributed by atoms with van der Waals surface area (Å²) >= 11 is 0. The Morgan fingerprint density at radius 3 is 2.57 bits per heavy atom. The number of carbonyl (C=O) groups is 3. The minimum Gasteiger partial charge on any atom is -0.342 e. The van der Waals surface area contributed by atoms with Crippen molar-refractivity contribution in [2.24, 2.45) is 5.73 Å². The maximum Gasteiger partial charge on any atom is 0.251 e. The van der Waals surface area contributed by atoms with Crippen molar-refractivity contribution in [3.63, 3.8) is 0 Å². The number of amides is 3. The molecule has 2 atom stereocenters. The number of imide groups is 1. The summed E-state index contributed by atoms with van der Waals surface area (Å²) in [5.74, 6) is -1.07. The van der Waals surface area contributed by atoms with Crippen LogP contribution in [0.5, 0.6) is 0 Å². The van der Waals surface area contributed by atoms with Crippen molar-refractivity contribution < 1.29 is 14.4 Å². The van der Waals surface area contributed by atoms with E-state index in [0.717, 1.165) is 4.90 Å². The molecule has 1 aromatic carbocycles.